The monoisotopic (exact) mass is 661 g/mol. The second-order valence-corrected chi connectivity index (χ2v) is 11.2. The van der Waals surface area contributed by atoms with E-state index in [1.165, 1.54) is 6.07 Å². The van der Waals surface area contributed by atoms with Crippen molar-refractivity contribution in [2.24, 2.45) is 10.2 Å². The Morgan fingerprint density at radius 3 is 1.30 bits per heavy atom. The summed E-state index contributed by atoms with van der Waals surface area (Å²) in [6.45, 7) is 1.45. The number of hydrogen-bond donors (Lipinski definition) is 2. The lowest BCUT2D eigenvalue weighted by atomic mass is 10.1. The van der Waals surface area contributed by atoms with Gasteiger partial charge in [-0.2, -0.15) is 15.0 Å². The maximum atomic E-state index is 10.8. The largest absolute Gasteiger partial charge is 0.507 e. The molecule has 7 aromatic rings. The number of nitrogens with zero attached hydrogens (tertiary/aromatic N) is 11. The van der Waals surface area contributed by atoms with Gasteiger partial charge in [-0.05, 0) is 48.5 Å². The van der Waals surface area contributed by atoms with Gasteiger partial charge in [0, 0.05) is 41.6 Å². The van der Waals surface area contributed by atoms with Crippen molar-refractivity contribution in [2.75, 3.05) is 9.80 Å². The molecule has 0 aliphatic heterocycles. The first-order chi connectivity index (χ1) is 24.6. The van der Waals surface area contributed by atoms with Crippen LogP contribution in [0.4, 0.5) is 23.5 Å². The molecular formula is C37H31N11O2. The molecule has 2 aromatic carbocycles. The summed E-state index contributed by atoms with van der Waals surface area (Å²) in [6.07, 6.45) is 6.96. The van der Waals surface area contributed by atoms with Crippen molar-refractivity contribution in [3.63, 3.8) is 0 Å². The molecule has 5 heterocycles. The summed E-state index contributed by atoms with van der Waals surface area (Å²) in [5, 5.41) is 31.1. The van der Waals surface area contributed by atoms with Crippen molar-refractivity contribution < 1.29 is 10.2 Å². The molecule has 0 amide bonds. The average Bonchev–Trinajstić information content (AvgIpc) is 3.16. The van der Waals surface area contributed by atoms with Gasteiger partial charge in [0.2, 0.25) is 11.9 Å². The predicted octanol–water partition coefficient (Wildman–Crippen LogP) is 6.85. The zero-order chi connectivity index (χ0) is 34.1. The Bertz CT molecular complexity index is 2020. The van der Waals surface area contributed by atoms with Gasteiger partial charge in [-0.3, -0.25) is 19.9 Å². The summed E-state index contributed by atoms with van der Waals surface area (Å²) in [4.78, 5) is 36.6. The van der Waals surface area contributed by atoms with Crippen LogP contribution in [0.5, 0.6) is 11.5 Å². The number of pyridine rings is 4. The third-order valence-electron chi connectivity index (χ3n) is 7.70. The molecule has 0 saturated carbocycles. The second kappa shape index (κ2) is 14.9. The van der Waals surface area contributed by atoms with Crippen LogP contribution in [-0.2, 0) is 26.2 Å². The number of hydrogen-bond acceptors (Lipinski definition) is 13. The van der Waals surface area contributed by atoms with E-state index in [0.717, 1.165) is 22.8 Å². The Hall–Kier alpha value is -6.89. The Kier molecular flexibility index (Phi) is 9.45. The van der Waals surface area contributed by atoms with Gasteiger partial charge in [0.05, 0.1) is 49.0 Å². The molecule has 13 heteroatoms. The quantitative estimate of drug-likeness (QED) is 0.132. The molecule has 0 aliphatic rings. The average molecular weight is 662 g/mol. The summed E-state index contributed by atoms with van der Waals surface area (Å²) in [7, 11) is 0. The smallest absolute Gasteiger partial charge is 0.275 e. The zero-order valence-electron chi connectivity index (χ0n) is 26.8. The van der Waals surface area contributed by atoms with E-state index in [2.05, 4.69) is 30.2 Å². The molecule has 0 spiro atoms. The second-order valence-electron chi connectivity index (χ2n) is 11.2. The number of azo groups is 1. The summed E-state index contributed by atoms with van der Waals surface area (Å²) in [6, 6.07) is 31.2. The number of aromatic hydroxyl groups is 2. The summed E-state index contributed by atoms with van der Waals surface area (Å²) >= 11 is 0. The van der Waals surface area contributed by atoms with Crippen LogP contribution in [0.2, 0.25) is 0 Å². The fraction of sp³-hybridized carbons (Fsp3) is 0.108. The minimum absolute atomic E-state index is 0.000592. The van der Waals surface area contributed by atoms with Gasteiger partial charge < -0.3 is 20.0 Å². The van der Waals surface area contributed by atoms with E-state index in [1.54, 1.807) is 49.1 Å². The lowest BCUT2D eigenvalue weighted by Gasteiger charge is -2.26. The third-order valence-corrected chi connectivity index (χ3v) is 7.70. The van der Waals surface area contributed by atoms with Crippen molar-refractivity contribution >= 4 is 34.3 Å². The van der Waals surface area contributed by atoms with Gasteiger partial charge in [-0.1, -0.05) is 48.5 Å². The van der Waals surface area contributed by atoms with E-state index < -0.39 is 0 Å². The molecular weight excluding hydrogens is 630 g/mol. The maximum Gasteiger partial charge on any atom is 0.275 e. The van der Waals surface area contributed by atoms with Crippen molar-refractivity contribution in [1.82, 2.24) is 34.9 Å². The molecule has 0 saturated heterocycles. The van der Waals surface area contributed by atoms with E-state index in [1.807, 2.05) is 82.6 Å². The van der Waals surface area contributed by atoms with Crippen molar-refractivity contribution in [1.29, 1.82) is 0 Å². The molecule has 0 atom stereocenters. The van der Waals surface area contributed by atoms with Crippen LogP contribution >= 0.6 is 0 Å². The molecule has 0 radical (unpaired) electrons. The molecule has 13 nitrogen and oxygen atoms in total. The Balaban J connectivity index is 1.36. The van der Waals surface area contributed by atoms with E-state index in [9.17, 15) is 10.2 Å². The Morgan fingerprint density at radius 1 is 0.460 bits per heavy atom. The summed E-state index contributed by atoms with van der Waals surface area (Å²) < 4.78 is 0. The summed E-state index contributed by atoms with van der Waals surface area (Å²) in [5.41, 5.74) is 3.36. The SMILES string of the molecule is Oc1cc(O)c2ccccc2c1N=Nc1nc(N(Cc2ccccn2)Cc2ccccn2)nc(N(Cc2ccccn2)Cc2ccccn2)n1. The lowest BCUT2D eigenvalue weighted by Crippen LogP contribution is -2.29. The number of benzene rings is 2. The van der Waals surface area contributed by atoms with Crippen molar-refractivity contribution in [2.45, 2.75) is 26.2 Å². The van der Waals surface area contributed by atoms with Crippen LogP contribution in [-0.4, -0.2) is 45.1 Å². The van der Waals surface area contributed by atoms with Crippen LogP contribution < -0.4 is 9.80 Å². The maximum absolute atomic E-state index is 10.8. The van der Waals surface area contributed by atoms with E-state index >= 15 is 0 Å². The predicted molar refractivity (Wildman–Crippen MR) is 188 cm³/mol. The van der Waals surface area contributed by atoms with Gasteiger partial charge in [0.1, 0.15) is 17.2 Å². The Labute approximate surface area is 287 Å². The van der Waals surface area contributed by atoms with Gasteiger partial charge in [-0.15, -0.1) is 10.2 Å². The highest BCUT2D eigenvalue weighted by Gasteiger charge is 2.21. The van der Waals surface area contributed by atoms with Crippen LogP contribution in [0, 0.1) is 0 Å². The van der Waals surface area contributed by atoms with E-state index in [4.69, 9.17) is 15.0 Å². The number of anilines is 2. The molecule has 2 N–H and O–H groups in total. The first-order valence-electron chi connectivity index (χ1n) is 15.8. The number of phenolic OH excluding ortho intramolecular Hbond substituents is 2. The highest BCUT2D eigenvalue weighted by molar-refractivity contribution is 5.99. The molecule has 50 heavy (non-hydrogen) atoms. The molecule has 0 aliphatic carbocycles. The molecule has 0 unspecified atom stereocenters. The lowest BCUT2D eigenvalue weighted by molar-refractivity contribution is 0.456. The first-order valence-corrected chi connectivity index (χ1v) is 15.8. The number of phenols is 2. The summed E-state index contributed by atoms with van der Waals surface area (Å²) in [5.74, 6) is 0.319. The topological polar surface area (TPSA) is 162 Å². The zero-order valence-corrected chi connectivity index (χ0v) is 26.8. The van der Waals surface area contributed by atoms with Gasteiger partial charge in [0.25, 0.3) is 5.95 Å². The molecule has 0 fully saturated rings. The van der Waals surface area contributed by atoms with Crippen molar-refractivity contribution in [3.8, 4) is 11.5 Å². The normalized spacial score (nSPS) is 11.2. The number of fused-ring (bicyclic) bond motifs is 1. The van der Waals surface area contributed by atoms with Crippen LogP contribution in [0.1, 0.15) is 22.8 Å². The minimum Gasteiger partial charge on any atom is -0.507 e. The third kappa shape index (κ3) is 7.63. The highest BCUT2D eigenvalue weighted by Crippen LogP contribution is 2.41. The van der Waals surface area contributed by atoms with Gasteiger partial charge in [-0.25, -0.2) is 0 Å². The fourth-order valence-electron chi connectivity index (χ4n) is 5.34. The molecule has 0 bridgehead atoms. The van der Waals surface area contributed by atoms with Gasteiger partial charge in [0.15, 0.2) is 0 Å². The molecule has 5 aromatic heterocycles. The number of aromatic nitrogens is 7. The standard InChI is InChI=1S/C37H31N11O2/c49-32-21-33(50)34(31-16-2-1-15-30(31)32)45-46-35-42-36(47(22-26-11-3-7-17-38-26)23-27-12-4-8-18-39-27)44-37(43-35)48(24-28-13-5-9-19-40-28)25-29-14-6-10-20-41-29/h1-21,49-50H,22-25H2. The van der Waals surface area contributed by atoms with Gasteiger partial charge >= 0.3 is 0 Å². The van der Waals surface area contributed by atoms with Crippen molar-refractivity contribution in [3.05, 3.63) is 151 Å². The fourth-order valence-corrected chi connectivity index (χ4v) is 5.34. The first kappa shape index (κ1) is 31.7. The molecule has 246 valence electrons. The Morgan fingerprint density at radius 2 is 0.880 bits per heavy atom. The molecule has 7 rings (SSSR count). The van der Waals surface area contributed by atoms with Crippen LogP contribution in [0.25, 0.3) is 10.8 Å². The van der Waals surface area contributed by atoms with E-state index in [0.29, 0.717) is 48.8 Å². The number of rotatable bonds is 12. The minimum atomic E-state index is -0.238. The highest BCUT2D eigenvalue weighted by atomic mass is 16.3. The van der Waals surface area contributed by atoms with E-state index in [-0.39, 0.29) is 23.1 Å². The van der Waals surface area contributed by atoms with Crippen LogP contribution in [0.15, 0.2) is 138 Å². The van der Waals surface area contributed by atoms with Crippen LogP contribution in [0.3, 0.4) is 0 Å².